The molecule has 1 heterocycles. The van der Waals surface area contributed by atoms with Gasteiger partial charge >= 0.3 is 0 Å². The number of fused-ring (bicyclic) bond motifs is 1. The van der Waals surface area contributed by atoms with Crippen LogP contribution in [0, 0.1) is 17.8 Å². The Morgan fingerprint density at radius 1 is 1.11 bits per heavy atom. The fourth-order valence-corrected chi connectivity index (χ4v) is 3.47. The second-order valence-electron chi connectivity index (χ2n) is 6.13. The second-order valence-corrected chi connectivity index (χ2v) is 6.13. The molecule has 0 amide bonds. The quantitative estimate of drug-likeness (QED) is 0.730. The van der Waals surface area contributed by atoms with Crippen LogP contribution in [0.2, 0.25) is 0 Å². The lowest BCUT2D eigenvalue weighted by molar-refractivity contribution is 0.0809. The minimum atomic E-state index is 0.138. The van der Waals surface area contributed by atoms with E-state index in [1.807, 2.05) is 30.3 Å². The molecule has 0 spiro atoms. The van der Waals surface area contributed by atoms with Crippen molar-refractivity contribution < 1.29 is 9.21 Å². The minimum absolute atomic E-state index is 0.138. The summed E-state index contributed by atoms with van der Waals surface area (Å²) in [7, 11) is 0. The van der Waals surface area contributed by atoms with Gasteiger partial charge in [-0.05, 0) is 43.2 Å². The van der Waals surface area contributed by atoms with Crippen molar-refractivity contribution >= 4 is 16.8 Å². The molecule has 3 rings (SSSR count). The topological polar surface area (TPSA) is 30.2 Å². The van der Waals surface area contributed by atoms with Crippen molar-refractivity contribution in [1.29, 1.82) is 0 Å². The first kappa shape index (κ1) is 12.5. The predicted octanol–water partition coefficient (Wildman–Crippen LogP) is 4.69. The molecule has 100 valence electrons. The highest BCUT2D eigenvalue weighted by atomic mass is 16.3. The zero-order chi connectivity index (χ0) is 13.4. The molecule has 1 saturated carbocycles. The van der Waals surface area contributed by atoms with Crippen molar-refractivity contribution in [3.05, 3.63) is 36.1 Å². The molecular formula is C17H20O2. The number of furan rings is 1. The van der Waals surface area contributed by atoms with Crippen LogP contribution in [0.1, 0.15) is 43.7 Å². The monoisotopic (exact) mass is 256 g/mol. The highest BCUT2D eigenvalue weighted by Crippen LogP contribution is 2.35. The van der Waals surface area contributed by atoms with Crippen molar-refractivity contribution in [3.63, 3.8) is 0 Å². The number of hydrogen-bond acceptors (Lipinski definition) is 2. The van der Waals surface area contributed by atoms with Gasteiger partial charge in [-0.2, -0.15) is 0 Å². The third-order valence-corrected chi connectivity index (χ3v) is 4.22. The number of ketones is 1. The van der Waals surface area contributed by atoms with Crippen LogP contribution in [0.15, 0.2) is 34.7 Å². The van der Waals surface area contributed by atoms with E-state index in [2.05, 4.69) is 13.8 Å². The molecule has 0 saturated heterocycles. The van der Waals surface area contributed by atoms with Crippen molar-refractivity contribution in [2.45, 2.75) is 33.1 Å². The molecule has 1 aliphatic carbocycles. The van der Waals surface area contributed by atoms with Gasteiger partial charge in [0.25, 0.3) is 0 Å². The number of para-hydroxylation sites is 1. The molecule has 0 radical (unpaired) electrons. The molecule has 19 heavy (non-hydrogen) atoms. The SMILES string of the molecule is CC1CC(C)CC(C(=O)c2cc3ccccc3o2)C1. The summed E-state index contributed by atoms with van der Waals surface area (Å²) in [6.45, 7) is 4.49. The maximum atomic E-state index is 12.6. The standard InChI is InChI=1S/C17H20O2/c1-11-7-12(2)9-14(8-11)17(18)16-10-13-5-3-4-6-15(13)19-16/h3-6,10-12,14H,7-9H2,1-2H3. The van der Waals surface area contributed by atoms with E-state index in [4.69, 9.17) is 4.42 Å². The van der Waals surface area contributed by atoms with Crippen LogP contribution in [0.25, 0.3) is 11.0 Å². The Balaban J connectivity index is 1.86. The highest BCUT2D eigenvalue weighted by molar-refractivity contribution is 5.99. The van der Waals surface area contributed by atoms with Crippen LogP contribution in [0.3, 0.4) is 0 Å². The average molecular weight is 256 g/mol. The summed E-state index contributed by atoms with van der Waals surface area (Å²) in [5.74, 6) is 2.14. The van der Waals surface area contributed by atoms with Crippen molar-refractivity contribution in [1.82, 2.24) is 0 Å². The summed E-state index contributed by atoms with van der Waals surface area (Å²) < 4.78 is 5.70. The molecule has 1 fully saturated rings. The molecule has 1 aliphatic rings. The molecule has 2 aromatic rings. The molecule has 1 aromatic heterocycles. The van der Waals surface area contributed by atoms with E-state index in [9.17, 15) is 4.79 Å². The molecule has 0 aliphatic heterocycles. The fraction of sp³-hybridized carbons (Fsp3) is 0.471. The summed E-state index contributed by atoms with van der Waals surface area (Å²) in [6, 6.07) is 9.70. The highest BCUT2D eigenvalue weighted by Gasteiger charge is 2.31. The van der Waals surface area contributed by atoms with E-state index in [1.54, 1.807) is 0 Å². The van der Waals surface area contributed by atoms with Gasteiger partial charge in [-0.3, -0.25) is 4.79 Å². The van der Waals surface area contributed by atoms with Crippen molar-refractivity contribution in [3.8, 4) is 0 Å². The number of rotatable bonds is 2. The smallest absolute Gasteiger partial charge is 0.201 e. The lowest BCUT2D eigenvalue weighted by Gasteiger charge is -2.29. The van der Waals surface area contributed by atoms with Crippen LogP contribution in [0.5, 0.6) is 0 Å². The van der Waals surface area contributed by atoms with Gasteiger partial charge in [0.05, 0.1) is 0 Å². The number of carbonyl (C=O) groups excluding carboxylic acids is 1. The number of Topliss-reactive ketones (excluding diaryl/α,β-unsaturated/α-hetero) is 1. The van der Waals surface area contributed by atoms with Gasteiger partial charge in [-0.25, -0.2) is 0 Å². The largest absolute Gasteiger partial charge is 0.453 e. The number of hydrogen-bond donors (Lipinski definition) is 0. The van der Waals surface area contributed by atoms with Gasteiger partial charge in [0, 0.05) is 11.3 Å². The third kappa shape index (κ3) is 2.44. The third-order valence-electron chi connectivity index (χ3n) is 4.22. The van der Waals surface area contributed by atoms with Crippen molar-refractivity contribution in [2.24, 2.45) is 17.8 Å². The molecule has 2 atom stereocenters. The Bertz CT molecular complexity index is 553. The van der Waals surface area contributed by atoms with Crippen LogP contribution in [0.4, 0.5) is 0 Å². The Labute approximate surface area is 113 Å². The molecule has 1 aromatic carbocycles. The minimum Gasteiger partial charge on any atom is -0.453 e. The Morgan fingerprint density at radius 3 is 2.47 bits per heavy atom. The van der Waals surface area contributed by atoms with E-state index in [0.29, 0.717) is 17.6 Å². The first-order valence-electron chi connectivity index (χ1n) is 7.16. The summed E-state index contributed by atoms with van der Waals surface area (Å²) in [4.78, 5) is 12.6. The van der Waals surface area contributed by atoms with Crippen LogP contribution < -0.4 is 0 Å². The average Bonchev–Trinajstić information content (AvgIpc) is 2.80. The fourth-order valence-electron chi connectivity index (χ4n) is 3.47. The second kappa shape index (κ2) is 4.84. The summed E-state index contributed by atoms with van der Waals surface area (Å²) in [6.07, 6.45) is 3.24. The summed E-state index contributed by atoms with van der Waals surface area (Å²) >= 11 is 0. The molecule has 0 bridgehead atoms. The first-order chi connectivity index (χ1) is 9.13. The van der Waals surface area contributed by atoms with Gasteiger partial charge in [0.1, 0.15) is 5.58 Å². The molecule has 2 nitrogen and oxygen atoms in total. The lowest BCUT2D eigenvalue weighted by atomic mass is 9.75. The maximum absolute atomic E-state index is 12.6. The zero-order valence-corrected chi connectivity index (χ0v) is 11.6. The lowest BCUT2D eigenvalue weighted by Crippen LogP contribution is -2.25. The van der Waals surface area contributed by atoms with Crippen molar-refractivity contribution in [2.75, 3.05) is 0 Å². The van der Waals surface area contributed by atoms with Crippen LogP contribution in [-0.4, -0.2) is 5.78 Å². The van der Waals surface area contributed by atoms with Crippen LogP contribution >= 0.6 is 0 Å². The van der Waals surface area contributed by atoms with Gasteiger partial charge < -0.3 is 4.42 Å². The Morgan fingerprint density at radius 2 is 1.79 bits per heavy atom. The summed E-state index contributed by atoms with van der Waals surface area (Å²) in [5.41, 5.74) is 0.808. The molecule has 2 unspecified atom stereocenters. The Hall–Kier alpha value is -1.57. The zero-order valence-electron chi connectivity index (χ0n) is 11.6. The summed E-state index contributed by atoms with van der Waals surface area (Å²) in [5, 5.41) is 1.02. The number of benzene rings is 1. The van der Waals surface area contributed by atoms with E-state index < -0.39 is 0 Å². The molecule has 2 heteroatoms. The maximum Gasteiger partial charge on any atom is 0.201 e. The van der Waals surface area contributed by atoms with Gasteiger partial charge in [0.15, 0.2) is 5.76 Å². The van der Waals surface area contributed by atoms with E-state index in [-0.39, 0.29) is 11.7 Å². The normalized spacial score (nSPS) is 27.6. The first-order valence-corrected chi connectivity index (χ1v) is 7.16. The number of carbonyl (C=O) groups is 1. The van der Waals surface area contributed by atoms with Gasteiger partial charge in [-0.15, -0.1) is 0 Å². The van der Waals surface area contributed by atoms with Gasteiger partial charge in [0.2, 0.25) is 5.78 Å². The van der Waals surface area contributed by atoms with E-state index in [1.165, 1.54) is 6.42 Å². The molecule has 0 N–H and O–H groups in total. The van der Waals surface area contributed by atoms with E-state index in [0.717, 1.165) is 23.8 Å². The molecular weight excluding hydrogens is 236 g/mol. The predicted molar refractivity (Wildman–Crippen MR) is 76.2 cm³/mol. The Kier molecular flexibility index (Phi) is 3.17. The van der Waals surface area contributed by atoms with Crippen LogP contribution in [-0.2, 0) is 0 Å². The van der Waals surface area contributed by atoms with E-state index >= 15 is 0 Å². The van der Waals surface area contributed by atoms with Gasteiger partial charge in [-0.1, -0.05) is 32.0 Å².